The van der Waals surface area contributed by atoms with E-state index in [1.54, 1.807) is 0 Å². The van der Waals surface area contributed by atoms with Crippen molar-refractivity contribution in [3.8, 4) is 11.1 Å². The highest BCUT2D eigenvalue weighted by Crippen LogP contribution is 2.51. The molecule has 1 saturated heterocycles. The number of pyridine rings is 1. The quantitative estimate of drug-likeness (QED) is 0.808. The molecule has 0 amide bonds. The molecule has 0 bridgehead atoms. The van der Waals surface area contributed by atoms with Crippen molar-refractivity contribution in [2.45, 2.75) is 38.9 Å². The largest absolute Gasteiger partial charge is 0.460 e. The zero-order valence-electron chi connectivity index (χ0n) is 16.6. The summed E-state index contributed by atoms with van der Waals surface area (Å²) in [7, 11) is 0. The van der Waals surface area contributed by atoms with Crippen molar-refractivity contribution in [2.24, 2.45) is 23.7 Å². The minimum absolute atomic E-state index is 0.0609. The molecular weight excluding hydrogens is 350 g/mol. The van der Waals surface area contributed by atoms with E-state index in [9.17, 15) is 9.90 Å². The molecule has 2 aliphatic rings. The van der Waals surface area contributed by atoms with E-state index in [2.05, 4.69) is 43.1 Å². The molecule has 146 valence electrons. The maximum absolute atomic E-state index is 12.3. The number of cyclic esters (lactones) is 1. The summed E-state index contributed by atoms with van der Waals surface area (Å²) in [6.45, 7) is 6.18. The standard InChI is InChI=1S/C24H27NO3/c1-15-13-24(27)22(17(3)28-23(24)26)21(16(15)2)12-11-20-10-9-19(14-25-20)18-7-5-4-6-8-18/h4-12,14-17,21-22,27H,13H2,1-3H3/b12-11+. The first kappa shape index (κ1) is 18.9. The first-order chi connectivity index (χ1) is 13.4. The van der Waals surface area contributed by atoms with E-state index in [1.807, 2.05) is 43.5 Å². The molecule has 6 atom stereocenters. The van der Waals surface area contributed by atoms with Crippen molar-refractivity contribution in [3.05, 3.63) is 60.4 Å². The first-order valence-electron chi connectivity index (χ1n) is 10.0. The average Bonchev–Trinajstić information content (AvgIpc) is 2.92. The van der Waals surface area contributed by atoms with Gasteiger partial charge in [0.05, 0.1) is 5.69 Å². The molecular formula is C24H27NO3. The van der Waals surface area contributed by atoms with Crippen LogP contribution < -0.4 is 0 Å². The van der Waals surface area contributed by atoms with Crippen LogP contribution in [-0.2, 0) is 9.53 Å². The smallest absolute Gasteiger partial charge is 0.338 e. The second-order valence-corrected chi connectivity index (χ2v) is 8.38. The van der Waals surface area contributed by atoms with E-state index in [4.69, 9.17) is 4.74 Å². The van der Waals surface area contributed by atoms with Crippen molar-refractivity contribution < 1.29 is 14.6 Å². The number of aliphatic hydroxyl groups is 1. The predicted molar refractivity (Wildman–Crippen MR) is 109 cm³/mol. The van der Waals surface area contributed by atoms with Crippen LogP contribution in [0.4, 0.5) is 0 Å². The topological polar surface area (TPSA) is 59.4 Å². The van der Waals surface area contributed by atoms with Crippen LogP contribution in [0.25, 0.3) is 17.2 Å². The fourth-order valence-electron chi connectivity index (χ4n) is 4.91. The van der Waals surface area contributed by atoms with Gasteiger partial charge in [0, 0.05) is 17.7 Å². The highest BCUT2D eigenvalue weighted by Gasteiger charge is 2.61. The van der Waals surface area contributed by atoms with Gasteiger partial charge in [-0.1, -0.05) is 56.3 Å². The van der Waals surface area contributed by atoms with Gasteiger partial charge in [0.15, 0.2) is 5.60 Å². The van der Waals surface area contributed by atoms with Gasteiger partial charge in [-0.3, -0.25) is 4.98 Å². The molecule has 28 heavy (non-hydrogen) atoms. The number of benzene rings is 1. The molecule has 2 fully saturated rings. The Morgan fingerprint density at radius 1 is 1.11 bits per heavy atom. The van der Waals surface area contributed by atoms with E-state index < -0.39 is 11.6 Å². The van der Waals surface area contributed by atoms with Crippen molar-refractivity contribution in [1.82, 2.24) is 4.98 Å². The lowest BCUT2D eigenvalue weighted by Crippen LogP contribution is -2.52. The number of carbonyl (C=O) groups is 1. The van der Waals surface area contributed by atoms with Crippen molar-refractivity contribution in [2.75, 3.05) is 0 Å². The number of nitrogens with zero attached hydrogens (tertiary/aromatic N) is 1. The number of carbonyl (C=O) groups excluding carboxylic acids is 1. The summed E-state index contributed by atoms with van der Waals surface area (Å²) in [5.41, 5.74) is 1.72. The summed E-state index contributed by atoms with van der Waals surface area (Å²) < 4.78 is 5.42. The second kappa shape index (κ2) is 7.17. The van der Waals surface area contributed by atoms with Crippen molar-refractivity contribution >= 4 is 12.0 Å². The number of allylic oxidation sites excluding steroid dienone is 1. The van der Waals surface area contributed by atoms with Crippen LogP contribution in [0.2, 0.25) is 0 Å². The Labute approximate surface area is 166 Å². The fourth-order valence-corrected chi connectivity index (χ4v) is 4.91. The molecule has 1 aromatic carbocycles. The highest BCUT2D eigenvalue weighted by atomic mass is 16.6. The third kappa shape index (κ3) is 3.16. The number of rotatable bonds is 3. The third-order valence-electron chi connectivity index (χ3n) is 6.64. The predicted octanol–water partition coefficient (Wildman–Crippen LogP) is 4.35. The summed E-state index contributed by atoms with van der Waals surface area (Å²) >= 11 is 0. The van der Waals surface area contributed by atoms with Crippen LogP contribution in [0.15, 0.2) is 54.7 Å². The summed E-state index contributed by atoms with van der Waals surface area (Å²) in [6, 6.07) is 14.2. The lowest BCUT2D eigenvalue weighted by molar-refractivity contribution is -0.160. The molecule has 6 unspecified atom stereocenters. The number of fused-ring (bicyclic) bond motifs is 1. The van der Waals surface area contributed by atoms with Gasteiger partial charge in [-0.05, 0) is 48.8 Å². The number of ether oxygens (including phenoxy) is 1. The van der Waals surface area contributed by atoms with Crippen LogP contribution in [0, 0.1) is 23.7 Å². The Morgan fingerprint density at radius 2 is 1.86 bits per heavy atom. The molecule has 2 aromatic rings. The van der Waals surface area contributed by atoms with Crippen molar-refractivity contribution in [1.29, 1.82) is 0 Å². The van der Waals surface area contributed by atoms with Crippen LogP contribution >= 0.6 is 0 Å². The lowest BCUT2D eigenvalue weighted by Gasteiger charge is -2.44. The molecule has 2 heterocycles. The number of hydrogen-bond acceptors (Lipinski definition) is 4. The first-order valence-corrected chi connectivity index (χ1v) is 10.0. The van der Waals surface area contributed by atoms with Gasteiger partial charge < -0.3 is 9.84 Å². The summed E-state index contributed by atoms with van der Waals surface area (Å²) in [6.07, 6.45) is 6.18. The Bertz CT molecular complexity index is 876. The maximum atomic E-state index is 12.3. The van der Waals surface area contributed by atoms with Crippen LogP contribution in [0.5, 0.6) is 0 Å². The third-order valence-corrected chi connectivity index (χ3v) is 6.64. The van der Waals surface area contributed by atoms with Gasteiger partial charge in [0.1, 0.15) is 6.10 Å². The molecule has 1 saturated carbocycles. The zero-order valence-corrected chi connectivity index (χ0v) is 16.6. The molecule has 0 radical (unpaired) electrons. The SMILES string of the molecule is CC1CC2(O)C(=O)OC(C)C2C(/C=C/c2ccc(-c3ccccc3)cn2)C1C. The highest BCUT2D eigenvalue weighted by molar-refractivity contribution is 5.82. The Morgan fingerprint density at radius 3 is 2.54 bits per heavy atom. The number of esters is 1. The summed E-state index contributed by atoms with van der Waals surface area (Å²) in [4.78, 5) is 16.8. The van der Waals surface area contributed by atoms with Gasteiger partial charge >= 0.3 is 5.97 Å². The van der Waals surface area contributed by atoms with E-state index in [0.29, 0.717) is 12.3 Å². The molecule has 1 aromatic heterocycles. The van der Waals surface area contributed by atoms with Gasteiger partial charge in [-0.2, -0.15) is 0 Å². The summed E-state index contributed by atoms with van der Waals surface area (Å²) in [5.74, 6) is -0.0337. The second-order valence-electron chi connectivity index (χ2n) is 8.38. The molecule has 1 aliphatic carbocycles. The van der Waals surface area contributed by atoms with E-state index in [1.165, 1.54) is 0 Å². The minimum Gasteiger partial charge on any atom is -0.460 e. The van der Waals surface area contributed by atoms with Gasteiger partial charge in [-0.15, -0.1) is 0 Å². The fraction of sp³-hybridized carbons (Fsp3) is 0.417. The van der Waals surface area contributed by atoms with E-state index in [-0.39, 0.29) is 23.9 Å². The maximum Gasteiger partial charge on any atom is 0.338 e. The van der Waals surface area contributed by atoms with Crippen molar-refractivity contribution in [3.63, 3.8) is 0 Å². The van der Waals surface area contributed by atoms with E-state index >= 15 is 0 Å². The van der Waals surface area contributed by atoms with Gasteiger partial charge in [0.25, 0.3) is 0 Å². The molecule has 4 rings (SSSR count). The summed E-state index contributed by atoms with van der Waals surface area (Å²) in [5, 5.41) is 11.0. The minimum atomic E-state index is -1.37. The van der Waals surface area contributed by atoms with E-state index in [0.717, 1.165) is 16.8 Å². The number of hydrogen-bond donors (Lipinski definition) is 1. The van der Waals surface area contributed by atoms with Gasteiger partial charge in [-0.25, -0.2) is 4.79 Å². The molecule has 4 heteroatoms. The van der Waals surface area contributed by atoms with Gasteiger partial charge in [0.2, 0.25) is 0 Å². The normalized spacial score (nSPS) is 35.0. The number of aromatic nitrogens is 1. The van der Waals surface area contributed by atoms with Crippen LogP contribution in [0.3, 0.4) is 0 Å². The zero-order chi connectivity index (χ0) is 19.9. The Balaban J connectivity index is 1.58. The van der Waals surface area contributed by atoms with Crippen LogP contribution in [0.1, 0.15) is 32.9 Å². The monoisotopic (exact) mass is 377 g/mol. The Kier molecular flexibility index (Phi) is 4.84. The lowest BCUT2D eigenvalue weighted by atomic mass is 9.60. The molecule has 0 spiro atoms. The average molecular weight is 377 g/mol. The van der Waals surface area contributed by atoms with Crippen LogP contribution in [-0.4, -0.2) is 27.8 Å². The molecule has 4 nitrogen and oxygen atoms in total. The molecule has 1 aliphatic heterocycles. The Hall–Kier alpha value is -2.46. The molecule has 1 N–H and O–H groups in total.